The van der Waals surface area contributed by atoms with Crippen LogP contribution in [0.15, 0.2) is 12.3 Å². The molecule has 0 aliphatic heterocycles. The zero-order valence-corrected chi connectivity index (χ0v) is 11.3. The Labute approximate surface area is 116 Å². The van der Waals surface area contributed by atoms with E-state index in [1.807, 2.05) is 0 Å². The average Bonchev–Trinajstić information content (AvgIpc) is 2.38. The van der Waals surface area contributed by atoms with E-state index in [4.69, 9.17) is 16.7 Å². The van der Waals surface area contributed by atoms with Crippen molar-refractivity contribution in [3.63, 3.8) is 0 Å². The van der Waals surface area contributed by atoms with Gasteiger partial charge in [-0.3, -0.25) is 0 Å². The van der Waals surface area contributed by atoms with Crippen molar-refractivity contribution in [1.29, 1.82) is 0 Å². The number of rotatable bonds is 4. The van der Waals surface area contributed by atoms with Crippen LogP contribution >= 0.6 is 11.6 Å². The van der Waals surface area contributed by atoms with Gasteiger partial charge < -0.3 is 15.5 Å². The van der Waals surface area contributed by atoms with E-state index >= 15 is 0 Å². The molecular weight excluding hydrogens is 268 g/mol. The van der Waals surface area contributed by atoms with Gasteiger partial charge in [-0.2, -0.15) is 0 Å². The predicted octanol–water partition coefficient (Wildman–Crippen LogP) is 2.54. The summed E-state index contributed by atoms with van der Waals surface area (Å²) in [5.41, 5.74) is -0.665. The molecule has 1 aliphatic carbocycles. The van der Waals surface area contributed by atoms with E-state index in [2.05, 4.69) is 10.3 Å². The Morgan fingerprint density at radius 2 is 2.11 bits per heavy atom. The number of nitrogens with zero attached hydrogens (tertiary/aromatic N) is 1. The Balaban J connectivity index is 2.01. The highest BCUT2D eigenvalue weighted by Crippen LogP contribution is 2.29. The van der Waals surface area contributed by atoms with E-state index in [-0.39, 0.29) is 10.6 Å². The van der Waals surface area contributed by atoms with E-state index in [0.717, 1.165) is 32.1 Å². The molecule has 3 N–H and O–H groups in total. The number of anilines is 1. The van der Waals surface area contributed by atoms with E-state index in [1.54, 1.807) is 0 Å². The first kappa shape index (κ1) is 14.1. The van der Waals surface area contributed by atoms with E-state index in [1.165, 1.54) is 12.3 Å². The summed E-state index contributed by atoms with van der Waals surface area (Å²) < 4.78 is 0. The van der Waals surface area contributed by atoms with Gasteiger partial charge in [0.05, 0.1) is 16.2 Å². The summed E-state index contributed by atoms with van der Waals surface area (Å²) in [4.78, 5) is 14.7. The molecule has 0 bridgehead atoms. The second-order valence-electron chi connectivity index (χ2n) is 5.00. The second kappa shape index (κ2) is 5.75. The molecule has 1 heterocycles. The Bertz CT molecular complexity index is 473. The van der Waals surface area contributed by atoms with Gasteiger partial charge in [0, 0.05) is 12.7 Å². The number of pyridine rings is 1. The van der Waals surface area contributed by atoms with Crippen LogP contribution in [0.5, 0.6) is 0 Å². The number of carbonyl (C=O) groups is 1. The first-order valence-corrected chi connectivity index (χ1v) is 6.73. The zero-order valence-electron chi connectivity index (χ0n) is 10.5. The van der Waals surface area contributed by atoms with Crippen molar-refractivity contribution in [2.24, 2.45) is 0 Å². The van der Waals surface area contributed by atoms with Gasteiger partial charge in [0.25, 0.3) is 0 Å². The number of aliphatic hydroxyl groups is 1. The standard InChI is InChI=1S/C13H17ClN2O3/c14-10-6-9(12(17)18)7-15-11(10)16-8-13(19)4-2-1-3-5-13/h6-7,19H,1-5,8H2,(H,15,16)(H,17,18). The number of aromatic carboxylic acids is 1. The summed E-state index contributed by atoms with van der Waals surface area (Å²) in [6.07, 6.45) is 6.00. The monoisotopic (exact) mass is 284 g/mol. The summed E-state index contributed by atoms with van der Waals surface area (Å²) in [5.74, 6) is -0.655. The minimum Gasteiger partial charge on any atom is -0.478 e. The summed E-state index contributed by atoms with van der Waals surface area (Å²) in [5, 5.41) is 22.4. The fourth-order valence-electron chi connectivity index (χ4n) is 2.32. The van der Waals surface area contributed by atoms with Crippen LogP contribution in [-0.2, 0) is 0 Å². The maximum absolute atomic E-state index is 10.8. The molecule has 19 heavy (non-hydrogen) atoms. The van der Waals surface area contributed by atoms with E-state index in [0.29, 0.717) is 12.4 Å². The van der Waals surface area contributed by atoms with Gasteiger partial charge in [0.15, 0.2) is 0 Å². The molecule has 0 saturated heterocycles. The zero-order chi connectivity index (χ0) is 13.9. The topological polar surface area (TPSA) is 82.5 Å². The molecule has 0 aromatic carbocycles. The molecule has 0 radical (unpaired) electrons. The SMILES string of the molecule is O=C(O)c1cnc(NCC2(O)CCCCC2)c(Cl)c1. The first-order chi connectivity index (χ1) is 9.00. The molecule has 6 heteroatoms. The second-order valence-corrected chi connectivity index (χ2v) is 5.41. The molecule has 1 aliphatic rings. The number of nitrogens with one attached hydrogen (secondary N) is 1. The Kier molecular flexibility index (Phi) is 4.27. The van der Waals surface area contributed by atoms with Crippen molar-refractivity contribution in [3.8, 4) is 0 Å². The molecule has 5 nitrogen and oxygen atoms in total. The van der Waals surface area contributed by atoms with Crippen LogP contribution in [-0.4, -0.2) is 33.3 Å². The van der Waals surface area contributed by atoms with Gasteiger partial charge in [-0.15, -0.1) is 0 Å². The van der Waals surface area contributed by atoms with Crippen molar-refractivity contribution < 1.29 is 15.0 Å². The summed E-state index contributed by atoms with van der Waals surface area (Å²) in [6.45, 7) is 0.381. The number of hydrogen-bond acceptors (Lipinski definition) is 4. The third kappa shape index (κ3) is 3.58. The van der Waals surface area contributed by atoms with Crippen molar-refractivity contribution >= 4 is 23.4 Å². The maximum atomic E-state index is 10.8. The molecule has 0 unspecified atom stereocenters. The Hall–Kier alpha value is -1.33. The largest absolute Gasteiger partial charge is 0.478 e. The van der Waals surface area contributed by atoms with Crippen LogP contribution in [0.4, 0.5) is 5.82 Å². The lowest BCUT2D eigenvalue weighted by molar-refractivity contribution is 0.0166. The van der Waals surface area contributed by atoms with Gasteiger partial charge in [0.2, 0.25) is 0 Å². The predicted molar refractivity (Wildman–Crippen MR) is 72.7 cm³/mol. The van der Waals surface area contributed by atoms with Crippen LogP contribution in [0, 0.1) is 0 Å². The number of carboxylic acid groups (broad SMARTS) is 1. The number of hydrogen-bond donors (Lipinski definition) is 3. The number of carboxylic acids is 1. The van der Waals surface area contributed by atoms with Gasteiger partial charge >= 0.3 is 5.97 Å². The van der Waals surface area contributed by atoms with Crippen LogP contribution in [0.25, 0.3) is 0 Å². The third-order valence-electron chi connectivity index (χ3n) is 3.46. The third-order valence-corrected chi connectivity index (χ3v) is 3.75. The lowest BCUT2D eigenvalue weighted by Gasteiger charge is -2.32. The molecule has 0 atom stereocenters. The molecular formula is C13H17ClN2O3. The van der Waals surface area contributed by atoms with Crippen molar-refractivity contribution in [3.05, 3.63) is 22.8 Å². The van der Waals surface area contributed by atoms with Crippen molar-refractivity contribution in [1.82, 2.24) is 4.98 Å². The minimum atomic E-state index is -1.06. The molecule has 1 fully saturated rings. The van der Waals surface area contributed by atoms with Gasteiger partial charge in [-0.25, -0.2) is 9.78 Å². The average molecular weight is 285 g/mol. The van der Waals surface area contributed by atoms with Crippen LogP contribution < -0.4 is 5.32 Å². The van der Waals surface area contributed by atoms with Crippen molar-refractivity contribution in [2.75, 3.05) is 11.9 Å². The minimum absolute atomic E-state index is 0.0481. The molecule has 1 saturated carbocycles. The summed E-state index contributed by atoms with van der Waals surface area (Å²) >= 11 is 5.97. The summed E-state index contributed by atoms with van der Waals surface area (Å²) in [7, 11) is 0. The molecule has 104 valence electrons. The highest BCUT2D eigenvalue weighted by Gasteiger charge is 2.29. The van der Waals surface area contributed by atoms with Crippen LogP contribution in [0.3, 0.4) is 0 Å². The fourth-order valence-corrected chi connectivity index (χ4v) is 2.55. The number of halogens is 1. The van der Waals surface area contributed by atoms with Crippen LogP contribution in [0.1, 0.15) is 42.5 Å². The van der Waals surface area contributed by atoms with Gasteiger partial charge in [-0.1, -0.05) is 30.9 Å². The van der Waals surface area contributed by atoms with Crippen molar-refractivity contribution in [2.45, 2.75) is 37.7 Å². The van der Waals surface area contributed by atoms with Gasteiger partial charge in [-0.05, 0) is 18.9 Å². The summed E-state index contributed by atoms with van der Waals surface area (Å²) in [6, 6.07) is 1.35. The molecule has 1 aromatic heterocycles. The van der Waals surface area contributed by atoms with E-state index in [9.17, 15) is 9.90 Å². The smallest absolute Gasteiger partial charge is 0.337 e. The normalized spacial score (nSPS) is 18.0. The quantitative estimate of drug-likeness (QED) is 0.791. The lowest BCUT2D eigenvalue weighted by atomic mass is 9.85. The Morgan fingerprint density at radius 3 is 2.68 bits per heavy atom. The van der Waals surface area contributed by atoms with Gasteiger partial charge in [0.1, 0.15) is 5.82 Å². The number of aromatic nitrogens is 1. The lowest BCUT2D eigenvalue weighted by Crippen LogP contribution is -2.39. The molecule has 0 amide bonds. The Morgan fingerprint density at radius 1 is 1.42 bits per heavy atom. The highest BCUT2D eigenvalue weighted by molar-refractivity contribution is 6.33. The highest BCUT2D eigenvalue weighted by atomic mass is 35.5. The molecule has 2 rings (SSSR count). The fraction of sp³-hybridized carbons (Fsp3) is 0.538. The van der Waals surface area contributed by atoms with Crippen LogP contribution in [0.2, 0.25) is 5.02 Å². The first-order valence-electron chi connectivity index (χ1n) is 6.35. The molecule has 1 aromatic rings. The molecule has 0 spiro atoms. The maximum Gasteiger partial charge on any atom is 0.337 e. The van der Waals surface area contributed by atoms with E-state index < -0.39 is 11.6 Å².